The third-order valence-electron chi connectivity index (χ3n) is 10.5. The highest BCUT2D eigenvalue weighted by Gasteiger charge is 2.49. The molecule has 2 aliphatic rings. The van der Waals surface area contributed by atoms with Crippen LogP contribution in [0.2, 0.25) is 18.1 Å². The molecule has 0 aromatic heterocycles. The van der Waals surface area contributed by atoms with Crippen molar-refractivity contribution in [2.45, 2.75) is 205 Å². The number of hydrogen-bond donors (Lipinski definition) is 1. The van der Waals surface area contributed by atoms with E-state index in [4.69, 9.17) is 18.6 Å². The van der Waals surface area contributed by atoms with E-state index in [1.807, 2.05) is 13.8 Å². The van der Waals surface area contributed by atoms with Gasteiger partial charge < -0.3 is 23.7 Å². The Morgan fingerprint density at radius 3 is 2.38 bits per heavy atom. The summed E-state index contributed by atoms with van der Waals surface area (Å²) in [7, 11) is -2.46. The number of hydrogen-bond acceptors (Lipinski definition) is 6. The molecule has 1 aliphatic carbocycles. The monoisotopic (exact) mass is 688 g/mol. The molecule has 6 nitrogen and oxygen atoms in total. The smallest absolute Gasteiger partial charge is 0.306 e. The minimum atomic E-state index is -2.91. The zero-order chi connectivity index (χ0) is 35.1. The van der Waals surface area contributed by atoms with Crippen LogP contribution in [0.25, 0.3) is 0 Å². The molecule has 276 valence electrons. The van der Waals surface area contributed by atoms with Gasteiger partial charge in [0.05, 0.1) is 18.3 Å². The van der Waals surface area contributed by atoms with Gasteiger partial charge in [-0.25, -0.2) is 8.78 Å². The van der Waals surface area contributed by atoms with E-state index in [1.165, 1.54) is 0 Å². The molecular weight excluding hydrogens is 618 g/mol. The fraction of sp³-hybridized carbons (Fsp3) is 0.921. The molecule has 2 rings (SSSR count). The van der Waals surface area contributed by atoms with E-state index in [2.05, 4.69) is 52.9 Å². The van der Waals surface area contributed by atoms with Crippen LogP contribution in [-0.2, 0) is 23.4 Å². The normalized spacial score (nSPS) is 25.1. The summed E-state index contributed by atoms with van der Waals surface area (Å²) in [5, 5.41) is 11.1. The Bertz CT molecular complexity index is 899. The fourth-order valence-electron chi connectivity index (χ4n) is 6.63. The summed E-state index contributed by atoms with van der Waals surface area (Å²) < 4.78 is 56.1. The van der Waals surface area contributed by atoms with Gasteiger partial charge in [-0.1, -0.05) is 65.5 Å². The second kappa shape index (κ2) is 20.7. The number of allylic oxidation sites excluding steroid dienone is 2. The van der Waals surface area contributed by atoms with Crippen LogP contribution >= 0.6 is 0 Å². The number of unbranched alkanes of at least 4 members (excludes halogenated alkanes) is 6. The summed E-state index contributed by atoms with van der Waals surface area (Å²) in [6.45, 7) is 16.9. The van der Waals surface area contributed by atoms with Gasteiger partial charge in [0, 0.05) is 25.9 Å². The van der Waals surface area contributed by atoms with E-state index in [9.17, 15) is 9.90 Å². The Morgan fingerprint density at radius 1 is 1.02 bits per heavy atom. The second-order valence-corrected chi connectivity index (χ2v) is 20.7. The van der Waals surface area contributed by atoms with E-state index >= 15 is 8.78 Å². The topological polar surface area (TPSA) is 74.2 Å². The maximum absolute atomic E-state index is 16.0. The predicted octanol–water partition coefficient (Wildman–Crippen LogP) is 10.5. The molecule has 6 atom stereocenters. The lowest BCUT2D eigenvalue weighted by Gasteiger charge is -2.42. The Morgan fingerprint density at radius 2 is 1.74 bits per heavy atom. The molecule has 1 saturated carbocycles. The van der Waals surface area contributed by atoms with E-state index in [1.54, 1.807) is 0 Å². The van der Waals surface area contributed by atoms with Crippen molar-refractivity contribution in [3.05, 3.63) is 12.2 Å². The number of halogens is 2. The SMILES string of the molecule is CCCCCCC(F)(F)C(CC[C@H]1C(OC2CCCCO2)CC(O)C1C/C=C\CCCCCC(=O)OC(C)C)O[Si](C)(C)C(C)(C)C. The van der Waals surface area contributed by atoms with Gasteiger partial charge in [0.15, 0.2) is 14.6 Å². The third-order valence-corrected chi connectivity index (χ3v) is 15.0. The molecule has 1 saturated heterocycles. The van der Waals surface area contributed by atoms with Gasteiger partial charge in [-0.2, -0.15) is 0 Å². The van der Waals surface area contributed by atoms with E-state index in [0.29, 0.717) is 38.7 Å². The Labute approximate surface area is 287 Å². The number of ether oxygens (including phenoxy) is 3. The first kappa shape index (κ1) is 42.3. The Kier molecular flexibility index (Phi) is 18.6. The second-order valence-electron chi connectivity index (χ2n) is 16.0. The molecule has 0 bridgehead atoms. The van der Waals surface area contributed by atoms with Crippen molar-refractivity contribution < 1.29 is 37.3 Å². The highest BCUT2D eigenvalue weighted by atomic mass is 28.4. The average molecular weight is 689 g/mol. The van der Waals surface area contributed by atoms with Crippen LogP contribution < -0.4 is 0 Å². The number of alkyl halides is 2. The Hall–Kier alpha value is -0.873. The van der Waals surface area contributed by atoms with Crippen LogP contribution in [0, 0.1) is 11.8 Å². The molecule has 1 aliphatic heterocycles. The van der Waals surface area contributed by atoms with Gasteiger partial charge in [-0.3, -0.25) is 4.79 Å². The van der Waals surface area contributed by atoms with Crippen LogP contribution in [0.5, 0.6) is 0 Å². The zero-order valence-electron chi connectivity index (χ0n) is 31.2. The molecule has 1 N–H and O–H groups in total. The molecule has 0 amide bonds. The van der Waals surface area contributed by atoms with Gasteiger partial charge in [0.2, 0.25) is 0 Å². The summed E-state index contributed by atoms with van der Waals surface area (Å²) in [6.07, 6.45) is 14.0. The standard InChI is InChI=1S/C38H70F2O6Si/c1-9-10-11-19-26-38(39,40)34(46-47(7,8)37(4,5)6)25-24-31-30(32(41)28-33(31)45-36-23-18-20-27-43-36)21-16-14-12-13-15-17-22-35(42)44-29(2)3/h14,16,29-34,36,41H,9-13,15,17-28H2,1-8H3/b16-14-/t30?,31-,32?,33?,34?,36?/m1/s1. The van der Waals surface area contributed by atoms with Crippen molar-refractivity contribution in [3.8, 4) is 0 Å². The van der Waals surface area contributed by atoms with Crippen LogP contribution in [0.4, 0.5) is 8.78 Å². The number of rotatable bonds is 22. The lowest BCUT2D eigenvalue weighted by Crippen LogP contribution is -2.49. The largest absolute Gasteiger partial charge is 0.463 e. The number of aliphatic hydroxyl groups is 1. The number of carbonyl (C=O) groups is 1. The minimum absolute atomic E-state index is 0.0615. The average Bonchev–Trinajstić information content (AvgIpc) is 3.27. The maximum atomic E-state index is 16.0. The minimum Gasteiger partial charge on any atom is -0.463 e. The van der Waals surface area contributed by atoms with E-state index in [-0.39, 0.29) is 54.2 Å². The number of esters is 1. The van der Waals surface area contributed by atoms with Crippen molar-refractivity contribution in [3.63, 3.8) is 0 Å². The van der Waals surface area contributed by atoms with Crippen LogP contribution in [0.1, 0.15) is 151 Å². The number of carbonyl (C=O) groups excluding carboxylic acids is 1. The first-order valence-electron chi connectivity index (χ1n) is 18.9. The molecule has 0 radical (unpaired) electrons. The lowest BCUT2D eigenvalue weighted by molar-refractivity contribution is -0.197. The highest BCUT2D eigenvalue weighted by molar-refractivity contribution is 6.74. The van der Waals surface area contributed by atoms with Gasteiger partial charge in [-0.15, -0.1) is 0 Å². The molecule has 0 aromatic rings. The summed E-state index contributed by atoms with van der Waals surface area (Å²) in [5.74, 6) is -3.19. The molecule has 0 aromatic carbocycles. The molecular formula is C38H70F2O6Si. The zero-order valence-corrected chi connectivity index (χ0v) is 32.2. The van der Waals surface area contributed by atoms with Crippen molar-refractivity contribution in [1.82, 2.24) is 0 Å². The van der Waals surface area contributed by atoms with Gasteiger partial charge in [0.1, 0.15) is 6.10 Å². The molecule has 9 heteroatoms. The summed E-state index contributed by atoms with van der Waals surface area (Å²) in [5.41, 5.74) is 0. The van der Waals surface area contributed by atoms with Crippen LogP contribution in [-0.4, -0.2) is 62.6 Å². The maximum Gasteiger partial charge on any atom is 0.306 e. The molecule has 47 heavy (non-hydrogen) atoms. The van der Waals surface area contributed by atoms with Gasteiger partial charge in [-0.05, 0) is 108 Å². The molecule has 0 spiro atoms. The first-order valence-corrected chi connectivity index (χ1v) is 21.8. The summed E-state index contributed by atoms with van der Waals surface area (Å²) >= 11 is 0. The number of aliphatic hydroxyl groups excluding tert-OH is 1. The van der Waals surface area contributed by atoms with Gasteiger partial charge >= 0.3 is 5.97 Å². The fourth-order valence-corrected chi connectivity index (χ4v) is 7.99. The van der Waals surface area contributed by atoms with E-state index < -0.39 is 26.4 Å². The summed E-state index contributed by atoms with van der Waals surface area (Å²) in [4.78, 5) is 11.8. The van der Waals surface area contributed by atoms with Crippen LogP contribution in [0.3, 0.4) is 0 Å². The van der Waals surface area contributed by atoms with Crippen molar-refractivity contribution in [2.24, 2.45) is 11.8 Å². The third kappa shape index (κ3) is 15.3. The van der Waals surface area contributed by atoms with Crippen LogP contribution in [0.15, 0.2) is 12.2 Å². The van der Waals surface area contributed by atoms with Crippen molar-refractivity contribution in [1.29, 1.82) is 0 Å². The van der Waals surface area contributed by atoms with Crippen molar-refractivity contribution in [2.75, 3.05) is 6.61 Å². The highest BCUT2D eigenvalue weighted by Crippen LogP contribution is 2.45. The molecule has 1 heterocycles. The van der Waals surface area contributed by atoms with Crippen molar-refractivity contribution >= 4 is 14.3 Å². The predicted molar refractivity (Wildman–Crippen MR) is 189 cm³/mol. The molecule has 5 unspecified atom stereocenters. The summed E-state index contributed by atoms with van der Waals surface area (Å²) in [6, 6.07) is 0. The first-order chi connectivity index (χ1) is 22.1. The Balaban J connectivity index is 2.11. The van der Waals surface area contributed by atoms with Gasteiger partial charge in [0.25, 0.3) is 5.92 Å². The quantitative estimate of drug-likeness (QED) is 0.0528. The lowest BCUT2D eigenvalue weighted by atomic mass is 9.85. The molecule has 2 fully saturated rings. The van der Waals surface area contributed by atoms with E-state index in [0.717, 1.165) is 64.2 Å².